The summed E-state index contributed by atoms with van der Waals surface area (Å²) in [6.45, 7) is 6.12. The van der Waals surface area contributed by atoms with Crippen LogP contribution in [0.4, 0.5) is 0 Å². The molecule has 0 radical (unpaired) electrons. The molecule has 2 atom stereocenters. The molecule has 2 unspecified atom stereocenters. The van der Waals surface area contributed by atoms with Crippen LogP contribution in [0.1, 0.15) is 44.4 Å². The summed E-state index contributed by atoms with van der Waals surface area (Å²) in [6.07, 6.45) is 0.717. The van der Waals surface area contributed by atoms with E-state index < -0.39 is 0 Å². The average molecular weight is 274 g/mol. The van der Waals surface area contributed by atoms with E-state index in [4.69, 9.17) is 10.00 Å². The van der Waals surface area contributed by atoms with Crippen LogP contribution >= 0.6 is 0 Å². The standard InChI is InChI=1S/C16H22N2O2/c1-11(2)8-15(16(19)20-4)18-12(3)14-7-5-6-13(9-14)10-17/h5-7,9,11-12,15,18H,8H2,1-4H3. The molecule has 4 heteroatoms. The van der Waals surface area contributed by atoms with Gasteiger partial charge in [0.05, 0.1) is 18.7 Å². The number of nitriles is 1. The maximum Gasteiger partial charge on any atom is 0.322 e. The van der Waals surface area contributed by atoms with Crippen molar-refractivity contribution in [3.63, 3.8) is 0 Å². The molecule has 0 aromatic heterocycles. The van der Waals surface area contributed by atoms with E-state index in [1.54, 1.807) is 6.07 Å². The van der Waals surface area contributed by atoms with Crippen LogP contribution in [0.15, 0.2) is 24.3 Å². The third kappa shape index (κ3) is 4.67. The van der Waals surface area contributed by atoms with Crippen LogP contribution < -0.4 is 5.32 Å². The van der Waals surface area contributed by atoms with Gasteiger partial charge in [0.25, 0.3) is 0 Å². The molecule has 20 heavy (non-hydrogen) atoms. The Morgan fingerprint density at radius 3 is 2.65 bits per heavy atom. The molecule has 0 aliphatic carbocycles. The zero-order chi connectivity index (χ0) is 15.1. The molecule has 0 amide bonds. The molecule has 0 aliphatic rings. The van der Waals surface area contributed by atoms with Crippen LogP contribution in [0, 0.1) is 17.2 Å². The van der Waals surface area contributed by atoms with Crippen molar-refractivity contribution >= 4 is 5.97 Å². The van der Waals surface area contributed by atoms with Crippen molar-refractivity contribution in [1.29, 1.82) is 5.26 Å². The summed E-state index contributed by atoms with van der Waals surface area (Å²) < 4.78 is 4.84. The highest BCUT2D eigenvalue weighted by Crippen LogP contribution is 2.17. The first-order valence-electron chi connectivity index (χ1n) is 6.81. The Morgan fingerprint density at radius 1 is 1.40 bits per heavy atom. The van der Waals surface area contributed by atoms with Gasteiger partial charge in [0.2, 0.25) is 0 Å². The summed E-state index contributed by atoms with van der Waals surface area (Å²) in [7, 11) is 1.40. The fraction of sp³-hybridized carbons (Fsp3) is 0.500. The summed E-state index contributed by atoms with van der Waals surface area (Å²) in [5, 5.41) is 12.2. The van der Waals surface area contributed by atoms with Gasteiger partial charge < -0.3 is 4.74 Å². The predicted octanol–water partition coefficient (Wildman–Crippen LogP) is 2.80. The number of hydrogen-bond donors (Lipinski definition) is 1. The Balaban J connectivity index is 2.81. The zero-order valence-corrected chi connectivity index (χ0v) is 12.5. The van der Waals surface area contributed by atoms with Gasteiger partial charge in [-0.05, 0) is 37.0 Å². The highest BCUT2D eigenvalue weighted by Gasteiger charge is 2.22. The van der Waals surface area contributed by atoms with Crippen molar-refractivity contribution in [2.45, 2.75) is 39.3 Å². The number of nitrogens with one attached hydrogen (secondary N) is 1. The number of benzene rings is 1. The van der Waals surface area contributed by atoms with Crippen molar-refractivity contribution in [1.82, 2.24) is 5.32 Å². The molecule has 0 fully saturated rings. The molecule has 0 bridgehead atoms. The summed E-state index contributed by atoms with van der Waals surface area (Å²) in [6, 6.07) is 9.16. The van der Waals surface area contributed by atoms with E-state index in [1.807, 2.05) is 25.1 Å². The fourth-order valence-corrected chi connectivity index (χ4v) is 2.12. The predicted molar refractivity (Wildman–Crippen MR) is 78.0 cm³/mol. The van der Waals surface area contributed by atoms with Gasteiger partial charge in [0.15, 0.2) is 0 Å². The fourth-order valence-electron chi connectivity index (χ4n) is 2.12. The second-order valence-corrected chi connectivity index (χ2v) is 5.33. The largest absolute Gasteiger partial charge is 0.468 e. The van der Waals surface area contributed by atoms with Gasteiger partial charge in [-0.15, -0.1) is 0 Å². The van der Waals surface area contributed by atoms with Crippen LogP contribution in [0.5, 0.6) is 0 Å². The number of ether oxygens (including phenoxy) is 1. The summed E-state index contributed by atoms with van der Waals surface area (Å²) in [5.74, 6) is 0.145. The minimum Gasteiger partial charge on any atom is -0.468 e. The van der Waals surface area contributed by atoms with Crippen LogP contribution in [0.3, 0.4) is 0 Å². The van der Waals surface area contributed by atoms with Gasteiger partial charge in [0.1, 0.15) is 6.04 Å². The van der Waals surface area contributed by atoms with Crippen LogP contribution in [0.2, 0.25) is 0 Å². The van der Waals surface area contributed by atoms with Gasteiger partial charge in [0, 0.05) is 6.04 Å². The van der Waals surface area contributed by atoms with Gasteiger partial charge in [-0.25, -0.2) is 0 Å². The first-order valence-corrected chi connectivity index (χ1v) is 6.81. The first kappa shape index (κ1) is 16.2. The average Bonchev–Trinajstić information content (AvgIpc) is 2.45. The summed E-state index contributed by atoms with van der Waals surface area (Å²) in [4.78, 5) is 11.8. The zero-order valence-electron chi connectivity index (χ0n) is 12.5. The number of hydrogen-bond acceptors (Lipinski definition) is 4. The van der Waals surface area contributed by atoms with E-state index in [0.717, 1.165) is 12.0 Å². The van der Waals surface area contributed by atoms with Gasteiger partial charge >= 0.3 is 5.97 Å². The maximum atomic E-state index is 11.8. The molecule has 0 saturated heterocycles. The van der Waals surface area contributed by atoms with Gasteiger partial charge in [-0.1, -0.05) is 26.0 Å². The van der Waals surface area contributed by atoms with Crippen LogP contribution in [-0.2, 0) is 9.53 Å². The highest BCUT2D eigenvalue weighted by atomic mass is 16.5. The lowest BCUT2D eigenvalue weighted by molar-refractivity contribution is -0.143. The lowest BCUT2D eigenvalue weighted by Gasteiger charge is -2.23. The van der Waals surface area contributed by atoms with Gasteiger partial charge in [-0.3, -0.25) is 10.1 Å². The third-order valence-corrected chi connectivity index (χ3v) is 3.16. The van der Waals surface area contributed by atoms with E-state index >= 15 is 0 Å². The molecule has 1 aromatic rings. The second kappa shape index (κ2) is 7.66. The Labute approximate surface area is 120 Å². The summed E-state index contributed by atoms with van der Waals surface area (Å²) in [5.41, 5.74) is 1.61. The Kier molecular flexibility index (Phi) is 6.20. The van der Waals surface area contributed by atoms with Crippen molar-refractivity contribution in [2.75, 3.05) is 7.11 Å². The lowest BCUT2D eigenvalue weighted by atomic mass is 10.0. The molecule has 1 N–H and O–H groups in total. The van der Waals surface area contributed by atoms with Crippen LogP contribution in [-0.4, -0.2) is 19.1 Å². The Morgan fingerprint density at radius 2 is 2.10 bits per heavy atom. The molecular formula is C16H22N2O2. The van der Waals surface area contributed by atoms with E-state index in [-0.39, 0.29) is 18.1 Å². The highest BCUT2D eigenvalue weighted by molar-refractivity contribution is 5.75. The van der Waals surface area contributed by atoms with E-state index in [0.29, 0.717) is 11.5 Å². The number of carbonyl (C=O) groups excluding carboxylic acids is 1. The number of carbonyl (C=O) groups is 1. The first-order chi connectivity index (χ1) is 9.47. The second-order valence-electron chi connectivity index (χ2n) is 5.33. The molecule has 4 nitrogen and oxygen atoms in total. The quantitative estimate of drug-likeness (QED) is 0.810. The van der Waals surface area contributed by atoms with Gasteiger partial charge in [-0.2, -0.15) is 5.26 Å². The number of methoxy groups -OCH3 is 1. The number of nitrogens with zero attached hydrogens (tertiary/aromatic N) is 1. The Hall–Kier alpha value is -1.86. The molecule has 1 aromatic carbocycles. The maximum absolute atomic E-state index is 11.8. The topological polar surface area (TPSA) is 62.1 Å². The summed E-state index contributed by atoms with van der Waals surface area (Å²) >= 11 is 0. The van der Waals surface area contributed by atoms with Crippen molar-refractivity contribution in [2.24, 2.45) is 5.92 Å². The third-order valence-electron chi connectivity index (χ3n) is 3.16. The number of rotatable bonds is 6. The molecule has 108 valence electrons. The molecular weight excluding hydrogens is 252 g/mol. The molecule has 0 heterocycles. The van der Waals surface area contributed by atoms with E-state index in [9.17, 15) is 4.79 Å². The monoisotopic (exact) mass is 274 g/mol. The molecule has 0 aliphatic heterocycles. The van der Waals surface area contributed by atoms with E-state index in [2.05, 4.69) is 25.2 Å². The van der Waals surface area contributed by atoms with Crippen molar-refractivity contribution in [3.8, 4) is 6.07 Å². The van der Waals surface area contributed by atoms with Crippen molar-refractivity contribution < 1.29 is 9.53 Å². The van der Waals surface area contributed by atoms with Crippen molar-refractivity contribution in [3.05, 3.63) is 35.4 Å². The molecule has 0 saturated carbocycles. The minimum atomic E-state index is -0.333. The lowest BCUT2D eigenvalue weighted by Crippen LogP contribution is -2.40. The van der Waals surface area contributed by atoms with Crippen LogP contribution in [0.25, 0.3) is 0 Å². The minimum absolute atomic E-state index is 0.0221. The SMILES string of the molecule is COC(=O)C(CC(C)C)NC(C)c1cccc(C#N)c1. The normalized spacial score (nSPS) is 13.6. The Bertz CT molecular complexity index is 491. The molecule has 0 spiro atoms. The smallest absolute Gasteiger partial charge is 0.322 e. The van der Waals surface area contributed by atoms with E-state index in [1.165, 1.54) is 7.11 Å². The number of esters is 1. The molecule has 1 rings (SSSR count).